The highest BCUT2D eigenvalue weighted by atomic mass is 32.2. The molecule has 1 amide bonds. The molecule has 0 atom stereocenters. The number of aryl methyl sites for hydroxylation is 1. The van der Waals surface area contributed by atoms with Crippen molar-refractivity contribution in [1.29, 1.82) is 0 Å². The summed E-state index contributed by atoms with van der Waals surface area (Å²) in [5.74, 6) is -3.38. The van der Waals surface area contributed by atoms with Gasteiger partial charge in [0.2, 0.25) is 5.91 Å². The number of nitrogens with zero attached hydrogens (tertiary/aromatic N) is 4. The van der Waals surface area contributed by atoms with Gasteiger partial charge in [0.1, 0.15) is 17.5 Å². The zero-order chi connectivity index (χ0) is 33.1. The van der Waals surface area contributed by atoms with E-state index in [1.54, 1.807) is 6.92 Å². The molecule has 3 aliphatic heterocycles. The maximum Gasteiger partial charge on any atom is 0.350 e. The third-order valence-corrected chi connectivity index (χ3v) is 8.03. The van der Waals surface area contributed by atoms with Gasteiger partial charge in [-0.25, -0.2) is 13.6 Å². The van der Waals surface area contributed by atoms with Crippen molar-refractivity contribution < 1.29 is 29.3 Å². The van der Waals surface area contributed by atoms with Gasteiger partial charge in [0, 0.05) is 71.2 Å². The number of aromatic nitrogens is 2. The molecule has 0 aliphatic carbocycles. The average molecular weight is 533 g/mol. The lowest BCUT2D eigenvalue weighted by Gasteiger charge is -2.40. The molecule has 37 heavy (non-hydrogen) atoms. The number of thioether (sulfide) groups is 1. The molecule has 0 saturated carbocycles. The van der Waals surface area contributed by atoms with Crippen LogP contribution in [0.2, 0.25) is 0 Å². The smallest absolute Gasteiger partial charge is 0.350 e. The molecule has 0 N–H and O–H groups in total. The third-order valence-electron chi connectivity index (χ3n) is 6.58. The van der Waals surface area contributed by atoms with Gasteiger partial charge in [0.15, 0.2) is 0 Å². The Morgan fingerprint density at radius 3 is 2.65 bits per heavy atom. The van der Waals surface area contributed by atoms with E-state index >= 15 is 4.39 Å². The summed E-state index contributed by atoms with van der Waals surface area (Å²) >= 11 is 1.26. The largest absolute Gasteiger partial charge is 0.380 e. The Labute approximate surface area is 228 Å². The molecule has 1 aromatic heterocycles. The van der Waals surface area contributed by atoms with Gasteiger partial charge in [0.05, 0.1) is 29.7 Å². The lowest BCUT2D eigenvalue weighted by molar-refractivity contribution is -0.126. The highest BCUT2D eigenvalue weighted by molar-refractivity contribution is 7.99. The monoisotopic (exact) mass is 532 g/mol. The molecule has 2 saturated heterocycles. The number of carbonyl (C=O) groups is 1. The van der Waals surface area contributed by atoms with Crippen molar-refractivity contribution in [1.82, 2.24) is 14.5 Å². The second-order valence-corrected chi connectivity index (χ2v) is 10.1. The number of rotatable bonds is 3. The molecule has 3 aromatic rings. The summed E-state index contributed by atoms with van der Waals surface area (Å²) in [6.07, 6.45) is 0.546. The number of ether oxygens (including phenoxy) is 1. The Balaban J connectivity index is 1.72. The van der Waals surface area contributed by atoms with E-state index in [1.807, 2.05) is 0 Å². The van der Waals surface area contributed by atoms with Crippen molar-refractivity contribution in [2.24, 2.45) is 5.41 Å². The van der Waals surface area contributed by atoms with Gasteiger partial charge < -0.3 is 14.5 Å². The minimum atomic E-state index is -3.51. The normalized spacial score (nSPS) is 27.2. The van der Waals surface area contributed by atoms with Gasteiger partial charge in [0.25, 0.3) is 0 Å². The van der Waals surface area contributed by atoms with Gasteiger partial charge in [-0.05, 0) is 36.8 Å². The molecular weight excluding hydrogens is 498 g/mol. The number of piperazine rings is 1. The Hall–Kier alpha value is -3.24. The maximum atomic E-state index is 15.3. The van der Waals surface area contributed by atoms with E-state index in [-0.39, 0.29) is 32.8 Å². The third kappa shape index (κ3) is 3.93. The first-order valence-corrected chi connectivity index (χ1v) is 12.3. The summed E-state index contributed by atoms with van der Waals surface area (Å²) in [6, 6.07) is 4.46. The highest BCUT2D eigenvalue weighted by Crippen LogP contribution is 2.48. The van der Waals surface area contributed by atoms with Gasteiger partial charge in [-0.1, -0.05) is 6.58 Å². The van der Waals surface area contributed by atoms with E-state index in [2.05, 4.69) is 11.6 Å². The van der Waals surface area contributed by atoms with Gasteiger partial charge in [-0.3, -0.25) is 9.36 Å². The molecule has 0 radical (unpaired) electrons. The lowest BCUT2D eigenvalue weighted by Crippen LogP contribution is -2.50. The second kappa shape index (κ2) is 8.95. The summed E-state index contributed by atoms with van der Waals surface area (Å²) in [5, 5.41) is -0.0407. The maximum absolute atomic E-state index is 15.3. The minimum Gasteiger partial charge on any atom is -0.380 e. The van der Waals surface area contributed by atoms with Crippen LogP contribution in [-0.4, -0.2) is 65.3 Å². The fourth-order valence-corrected chi connectivity index (χ4v) is 6.22. The van der Waals surface area contributed by atoms with Crippen LogP contribution in [0.25, 0.3) is 22.0 Å². The number of halogens is 2. The van der Waals surface area contributed by atoms with Crippen molar-refractivity contribution in [3.63, 3.8) is 0 Å². The predicted molar refractivity (Wildman–Crippen MR) is 139 cm³/mol. The molecule has 0 bridgehead atoms. The Morgan fingerprint density at radius 2 is 2.00 bits per heavy atom. The molecule has 10 heteroatoms. The van der Waals surface area contributed by atoms with E-state index in [9.17, 15) is 14.0 Å². The molecule has 7 nitrogen and oxygen atoms in total. The van der Waals surface area contributed by atoms with E-state index in [0.717, 1.165) is 12.1 Å². The zero-order valence-electron chi connectivity index (χ0n) is 27.6. The molecule has 2 fully saturated rings. The molecule has 0 unspecified atom stereocenters. The standard InChI is InChI=1S/C27H26F2N4O3S/c1-3-21(34)31-6-8-32(9-7-31)25-19-10-16(2)22(18-5-4-17(28)11-20(18)29)24-23(19)33(26(35)30-25)12-27(15-37-24)13-36-14-27/h3-5,10-11H,1,6-9,12-15H2,2H3/i6D2,7D2,8D2,9D2. The quantitative estimate of drug-likeness (QED) is 0.481. The molecular formula is C27H26F2N4O3S. The van der Waals surface area contributed by atoms with Crippen LogP contribution in [0.5, 0.6) is 0 Å². The predicted octanol–water partition coefficient (Wildman–Crippen LogP) is 3.61. The number of hydrogen-bond donors (Lipinski definition) is 0. The van der Waals surface area contributed by atoms with Gasteiger partial charge >= 0.3 is 5.69 Å². The number of amides is 1. The zero-order valence-corrected chi connectivity index (χ0v) is 20.4. The van der Waals surface area contributed by atoms with Crippen molar-refractivity contribution >= 4 is 34.4 Å². The Bertz CT molecular complexity index is 1840. The van der Waals surface area contributed by atoms with Crippen LogP contribution in [0.15, 0.2) is 46.6 Å². The van der Waals surface area contributed by atoms with Crippen molar-refractivity contribution in [2.45, 2.75) is 18.4 Å². The lowest BCUT2D eigenvalue weighted by atomic mass is 9.88. The first-order valence-electron chi connectivity index (χ1n) is 15.3. The molecule has 2 aromatic carbocycles. The summed E-state index contributed by atoms with van der Waals surface area (Å²) in [7, 11) is 0. The fraction of sp³-hybridized carbons (Fsp3) is 0.370. The Kier molecular flexibility index (Phi) is 4.01. The van der Waals surface area contributed by atoms with Crippen LogP contribution in [0.3, 0.4) is 0 Å². The summed E-state index contributed by atoms with van der Waals surface area (Å²) in [6.45, 7) is -8.55. The molecule has 4 heterocycles. The average Bonchev–Trinajstić information content (AvgIpc) is 3.09. The van der Waals surface area contributed by atoms with E-state index in [4.69, 9.17) is 15.7 Å². The van der Waals surface area contributed by atoms with E-state index in [0.29, 0.717) is 41.1 Å². The first-order chi connectivity index (χ1) is 20.8. The highest BCUT2D eigenvalue weighted by Gasteiger charge is 2.42. The van der Waals surface area contributed by atoms with Crippen LogP contribution >= 0.6 is 11.8 Å². The molecule has 6 rings (SSSR count). The minimum absolute atomic E-state index is 0.0198. The van der Waals surface area contributed by atoms with Crippen LogP contribution < -0.4 is 10.6 Å². The van der Waals surface area contributed by atoms with Crippen LogP contribution in [0, 0.1) is 24.0 Å². The number of carbonyl (C=O) groups excluding carboxylic acids is 1. The first kappa shape index (κ1) is 16.6. The van der Waals surface area contributed by atoms with Crippen LogP contribution in [-0.2, 0) is 16.1 Å². The summed E-state index contributed by atoms with van der Waals surface area (Å²) < 4.78 is 105. The summed E-state index contributed by atoms with van der Waals surface area (Å²) in [4.78, 5) is 30.8. The number of benzene rings is 2. The Morgan fingerprint density at radius 1 is 1.24 bits per heavy atom. The van der Waals surface area contributed by atoms with E-state index < -0.39 is 60.5 Å². The summed E-state index contributed by atoms with van der Waals surface area (Å²) in [5.41, 5.74) is -0.695. The second-order valence-electron chi connectivity index (χ2n) is 9.16. The SMILES string of the molecule is [2H]C1([2H])N(C(=O)C=C)C([2H])([2H])C([2H])([2H])N(c2nc(=O)n3c4c(c(-c5ccc(F)cc5F)c(C)cc24)SCC2(COC2)C3)C1([2H])[2H]. The topological polar surface area (TPSA) is 67.7 Å². The van der Waals surface area contributed by atoms with Crippen molar-refractivity contribution in [3.05, 3.63) is 64.6 Å². The fourth-order valence-electron chi connectivity index (χ4n) is 4.74. The molecule has 1 spiro atoms. The van der Waals surface area contributed by atoms with Crippen LogP contribution in [0.4, 0.5) is 14.6 Å². The number of anilines is 1. The van der Waals surface area contributed by atoms with Crippen LogP contribution in [0.1, 0.15) is 16.5 Å². The molecule has 192 valence electrons. The van der Waals surface area contributed by atoms with Crippen molar-refractivity contribution in [3.8, 4) is 11.1 Å². The number of hydrogen-bond acceptors (Lipinski definition) is 6. The van der Waals surface area contributed by atoms with E-state index in [1.165, 1.54) is 28.5 Å². The van der Waals surface area contributed by atoms with Crippen molar-refractivity contribution in [2.75, 3.05) is 49.9 Å². The van der Waals surface area contributed by atoms with Gasteiger partial charge in [-0.15, -0.1) is 11.8 Å². The van der Waals surface area contributed by atoms with Gasteiger partial charge in [-0.2, -0.15) is 4.98 Å². The molecule has 3 aliphatic rings.